The maximum Gasteiger partial charge on any atom is 0.0223 e. The highest BCUT2D eigenvalue weighted by molar-refractivity contribution is 5.26. The van der Waals surface area contributed by atoms with Crippen LogP contribution in [0, 0.1) is 13.8 Å². The van der Waals surface area contributed by atoms with E-state index in [9.17, 15) is 0 Å². The summed E-state index contributed by atoms with van der Waals surface area (Å²) in [5.74, 6) is 0. The summed E-state index contributed by atoms with van der Waals surface area (Å²) in [5, 5.41) is 3.41. The van der Waals surface area contributed by atoms with Crippen LogP contribution in [-0.4, -0.2) is 17.7 Å². The molecule has 0 bridgehead atoms. The van der Waals surface area contributed by atoms with E-state index in [2.05, 4.69) is 36.7 Å². The van der Waals surface area contributed by atoms with E-state index in [1.807, 2.05) is 0 Å². The van der Waals surface area contributed by atoms with E-state index < -0.39 is 0 Å². The second-order valence-corrected chi connectivity index (χ2v) is 3.96. The molecule has 0 fully saturated rings. The molecule has 0 amide bonds. The molecule has 0 unspecified atom stereocenters. The van der Waals surface area contributed by atoms with Gasteiger partial charge in [0, 0.05) is 24.5 Å². The van der Waals surface area contributed by atoms with Gasteiger partial charge < -0.3 is 15.6 Å². The molecular weight excluding hydrogens is 186 g/mol. The second-order valence-electron chi connectivity index (χ2n) is 3.96. The first-order valence-electron chi connectivity index (χ1n) is 5.77. The molecule has 0 saturated heterocycles. The molecule has 15 heavy (non-hydrogen) atoms. The summed E-state index contributed by atoms with van der Waals surface area (Å²) in [4.78, 5) is 0. The minimum Gasteiger partial charge on any atom is -0.349 e. The third-order valence-corrected chi connectivity index (χ3v) is 2.87. The molecule has 3 N–H and O–H groups in total. The third kappa shape index (κ3) is 3.08. The molecule has 1 aromatic heterocycles. The van der Waals surface area contributed by atoms with Crippen LogP contribution in [0.4, 0.5) is 0 Å². The molecule has 3 heteroatoms. The summed E-state index contributed by atoms with van der Waals surface area (Å²) in [5.41, 5.74) is 9.59. The maximum absolute atomic E-state index is 5.44. The first kappa shape index (κ1) is 12.3. The monoisotopic (exact) mass is 209 g/mol. The van der Waals surface area contributed by atoms with Gasteiger partial charge in [-0.05, 0) is 51.9 Å². The van der Waals surface area contributed by atoms with E-state index in [-0.39, 0.29) is 0 Å². The quantitative estimate of drug-likeness (QED) is 0.698. The van der Waals surface area contributed by atoms with Crippen molar-refractivity contribution in [3.63, 3.8) is 0 Å². The van der Waals surface area contributed by atoms with Crippen LogP contribution in [0.25, 0.3) is 0 Å². The normalized spacial score (nSPS) is 10.9. The molecule has 1 rings (SSSR count). The van der Waals surface area contributed by atoms with Gasteiger partial charge in [-0.15, -0.1) is 0 Å². The average Bonchev–Trinajstić information content (AvgIpc) is 2.49. The van der Waals surface area contributed by atoms with Crippen molar-refractivity contribution in [1.82, 2.24) is 9.88 Å². The number of nitrogens with zero attached hydrogens (tertiary/aromatic N) is 1. The van der Waals surface area contributed by atoms with Crippen molar-refractivity contribution in [2.75, 3.05) is 13.1 Å². The Bertz CT molecular complexity index is 302. The average molecular weight is 209 g/mol. The Labute approximate surface area is 92.7 Å². The minimum atomic E-state index is 0.765. The van der Waals surface area contributed by atoms with Crippen LogP contribution < -0.4 is 11.1 Å². The van der Waals surface area contributed by atoms with Gasteiger partial charge in [0.05, 0.1) is 0 Å². The standard InChI is InChI=1S/C12H23N3/c1-4-15-10(2)8-12(11(15)3)9-14-7-5-6-13/h8,14H,4-7,9,13H2,1-3H3. The van der Waals surface area contributed by atoms with Gasteiger partial charge in [0.2, 0.25) is 0 Å². The molecule has 0 radical (unpaired) electrons. The molecule has 0 saturated carbocycles. The van der Waals surface area contributed by atoms with Gasteiger partial charge in [-0.2, -0.15) is 0 Å². The van der Waals surface area contributed by atoms with Crippen LogP contribution in [0.5, 0.6) is 0 Å². The van der Waals surface area contributed by atoms with Crippen molar-refractivity contribution in [1.29, 1.82) is 0 Å². The lowest BCUT2D eigenvalue weighted by Gasteiger charge is -2.06. The third-order valence-electron chi connectivity index (χ3n) is 2.87. The summed E-state index contributed by atoms with van der Waals surface area (Å²) < 4.78 is 2.35. The first-order valence-corrected chi connectivity index (χ1v) is 5.77. The zero-order valence-corrected chi connectivity index (χ0v) is 10.1. The van der Waals surface area contributed by atoms with Crippen LogP contribution >= 0.6 is 0 Å². The van der Waals surface area contributed by atoms with Crippen molar-refractivity contribution >= 4 is 0 Å². The van der Waals surface area contributed by atoms with E-state index in [1.165, 1.54) is 17.0 Å². The Morgan fingerprint density at radius 3 is 2.67 bits per heavy atom. The summed E-state index contributed by atoms with van der Waals surface area (Å²) in [6.45, 7) is 10.3. The highest BCUT2D eigenvalue weighted by Gasteiger charge is 2.06. The molecule has 0 aliphatic heterocycles. The molecule has 0 spiro atoms. The molecular formula is C12H23N3. The van der Waals surface area contributed by atoms with Gasteiger partial charge in [0.1, 0.15) is 0 Å². The molecule has 0 aliphatic carbocycles. The van der Waals surface area contributed by atoms with Crippen molar-refractivity contribution in [3.8, 4) is 0 Å². The SMILES string of the molecule is CCn1c(C)cc(CNCCCN)c1C. The van der Waals surface area contributed by atoms with Gasteiger partial charge in [0.15, 0.2) is 0 Å². The molecule has 1 aromatic rings. The fourth-order valence-electron chi connectivity index (χ4n) is 1.99. The lowest BCUT2D eigenvalue weighted by atomic mass is 10.2. The van der Waals surface area contributed by atoms with Gasteiger partial charge in [-0.25, -0.2) is 0 Å². The van der Waals surface area contributed by atoms with Crippen molar-refractivity contribution in [3.05, 3.63) is 23.0 Å². The predicted octanol–water partition coefficient (Wildman–Crippen LogP) is 1.56. The number of aromatic nitrogens is 1. The predicted molar refractivity (Wildman–Crippen MR) is 65.0 cm³/mol. The minimum absolute atomic E-state index is 0.765. The van der Waals surface area contributed by atoms with Gasteiger partial charge in [0.25, 0.3) is 0 Å². The number of aryl methyl sites for hydroxylation is 1. The van der Waals surface area contributed by atoms with E-state index >= 15 is 0 Å². The van der Waals surface area contributed by atoms with Crippen LogP contribution in [0.2, 0.25) is 0 Å². The number of rotatable bonds is 6. The fraction of sp³-hybridized carbons (Fsp3) is 0.667. The highest BCUT2D eigenvalue weighted by Crippen LogP contribution is 2.14. The Balaban J connectivity index is 2.54. The van der Waals surface area contributed by atoms with Gasteiger partial charge >= 0.3 is 0 Å². The van der Waals surface area contributed by atoms with E-state index in [1.54, 1.807) is 0 Å². The molecule has 1 heterocycles. The summed E-state index contributed by atoms with van der Waals surface area (Å²) in [6.07, 6.45) is 1.05. The molecule has 0 aromatic carbocycles. The van der Waals surface area contributed by atoms with E-state index in [4.69, 9.17) is 5.73 Å². The number of nitrogens with one attached hydrogen (secondary N) is 1. The Morgan fingerprint density at radius 2 is 2.13 bits per heavy atom. The molecule has 0 atom stereocenters. The number of nitrogens with two attached hydrogens (primary N) is 1. The number of hydrogen-bond donors (Lipinski definition) is 2. The topological polar surface area (TPSA) is 43.0 Å². The Kier molecular flexibility index (Phi) is 4.85. The number of hydrogen-bond acceptors (Lipinski definition) is 2. The van der Waals surface area contributed by atoms with Crippen molar-refractivity contribution < 1.29 is 0 Å². The largest absolute Gasteiger partial charge is 0.349 e. The second kappa shape index (κ2) is 5.93. The summed E-state index contributed by atoms with van der Waals surface area (Å²) >= 11 is 0. The lowest BCUT2D eigenvalue weighted by molar-refractivity contribution is 0.648. The van der Waals surface area contributed by atoms with Crippen molar-refractivity contribution in [2.45, 2.75) is 40.3 Å². The molecule has 3 nitrogen and oxygen atoms in total. The zero-order valence-electron chi connectivity index (χ0n) is 10.1. The highest BCUT2D eigenvalue weighted by atomic mass is 15.0. The Hall–Kier alpha value is -0.800. The van der Waals surface area contributed by atoms with E-state index in [0.717, 1.165) is 32.6 Å². The van der Waals surface area contributed by atoms with Crippen molar-refractivity contribution in [2.24, 2.45) is 5.73 Å². The van der Waals surface area contributed by atoms with Crippen LogP contribution in [0.1, 0.15) is 30.3 Å². The fourth-order valence-corrected chi connectivity index (χ4v) is 1.99. The summed E-state index contributed by atoms with van der Waals surface area (Å²) in [6, 6.07) is 2.27. The maximum atomic E-state index is 5.44. The van der Waals surface area contributed by atoms with Crippen LogP contribution in [0.15, 0.2) is 6.07 Å². The smallest absolute Gasteiger partial charge is 0.0223 e. The van der Waals surface area contributed by atoms with Gasteiger partial charge in [-0.3, -0.25) is 0 Å². The molecule has 0 aliphatic rings. The van der Waals surface area contributed by atoms with Crippen LogP contribution in [0.3, 0.4) is 0 Å². The van der Waals surface area contributed by atoms with E-state index in [0.29, 0.717) is 0 Å². The zero-order chi connectivity index (χ0) is 11.3. The van der Waals surface area contributed by atoms with Crippen LogP contribution in [-0.2, 0) is 13.1 Å². The first-order chi connectivity index (χ1) is 7.20. The summed E-state index contributed by atoms with van der Waals surface area (Å²) in [7, 11) is 0. The molecule has 86 valence electrons. The van der Waals surface area contributed by atoms with Gasteiger partial charge in [-0.1, -0.05) is 0 Å². The Morgan fingerprint density at radius 1 is 1.40 bits per heavy atom. The lowest BCUT2D eigenvalue weighted by Crippen LogP contribution is -2.18.